The van der Waals surface area contributed by atoms with Crippen LogP contribution < -0.4 is 4.74 Å². The van der Waals surface area contributed by atoms with Crippen LogP contribution in [0.25, 0.3) is 27.8 Å². The van der Waals surface area contributed by atoms with E-state index in [0.717, 1.165) is 27.9 Å². The average molecular weight is 401 g/mol. The van der Waals surface area contributed by atoms with E-state index in [0.29, 0.717) is 11.4 Å². The molecule has 0 unspecified atom stereocenters. The smallest absolute Gasteiger partial charge is 0.180 e. The number of imidazole rings is 1. The summed E-state index contributed by atoms with van der Waals surface area (Å²) in [6.45, 7) is 1.69. The third-order valence-corrected chi connectivity index (χ3v) is 5.09. The molecular formula is C24H17F2N3O. The Morgan fingerprint density at radius 1 is 0.967 bits per heavy atom. The number of hydrogen-bond acceptors (Lipinski definition) is 3. The van der Waals surface area contributed by atoms with Crippen LogP contribution in [-0.2, 0) is 6.61 Å². The maximum absolute atomic E-state index is 13.9. The standard InChI is InChI=1S/C24H17F2N3O/c1-15-23(17-12-16-6-2-3-9-21(16)27-13-17)29-11-5-10-22(24(29)28-15)30-14-18-19(25)7-4-8-20(18)26/h2-13H,14H2,1H3. The van der Waals surface area contributed by atoms with Gasteiger partial charge in [-0.25, -0.2) is 13.8 Å². The summed E-state index contributed by atoms with van der Waals surface area (Å²) in [6, 6.07) is 17.3. The third-order valence-electron chi connectivity index (χ3n) is 5.09. The lowest BCUT2D eigenvalue weighted by Gasteiger charge is -2.10. The van der Waals surface area contributed by atoms with Crippen LogP contribution in [0, 0.1) is 18.6 Å². The first-order valence-electron chi connectivity index (χ1n) is 9.50. The maximum atomic E-state index is 13.9. The second-order valence-corrected chi connectivity index (χ2v) is 7.02. The van der Waals surface area contributed by atoms with Gasteiger partial charge in [0.15, 0.2) is 11.4 Å². The summed E-state index contributed by atoms with van der Waals surface area (Å²) < 4.78 is 35.5. The molecule has 0 fully saturated rings. The SMILES string of the molecule is Cc1nc2c(OCc3c(F)cccc3F)cccn2c1-c1cnc2ccccc2c1. The molecule has 30 heavy (non-hydrogen) atoms. The average Bonchev–Trinajstić information content (AvgIpc) is 3.09. The summed E-state index contributed by atoms with van der Waals surface area (Å²) in [5.74, 6) is -0.822. The molecule has 0 saturated heterocycles. The number of halogens is 2. The van der Waals surface area contributed by atoms with E-state index in [9.17, 15) is 8.78 Å². The zero-order valence-electron chi connectivity index (χ0n) is 16.1. The molecule has 0 spiro atoms. The van der Waals surface area contributed by atoms with Crippen LogP contribution in [0.5, 0.6) is 5.75 Å². The Morgan fingerprint density at radius 2 is 1.77 bits per heavy atom. The van der Waals surface area contributed by atoms with E-state index in [-0.39, 0.29) is 12.2 Å². The molecule has 148 valence electrons. The summed E-state index contributed by atoms with van der Waals surface area (Å²) in [4.78, 5) is 9.20. The lowest BCUT2D eigenvalue weighted by Crippen LogP contribution is -2.03. The molecule has 0 aliphatic carbocycles. The summed E-state index contributed by atoms with van der Waals surface area (Å²) in [5.41, 5.74) is 4.02. The molecule has 0 radical (unpaired) electrons. The fraction of sp³-hybridized carbons (Fsp3) is 0.0833. The minimum Gasteiger partial charge on any atom is -0.485 e. The predicted molar refractivity (Wildman–Crippen MR) is 111 cm³/mol. The number of para-hydroxylation sites is 1. The zero-order chi connectivity index (χ0) is 20.7. The van der Waals surface area contributed by atoms with Crippen LogP contribution in [0.3, 0.4) is 0 Å². The number of rotatable bonds is 4. The molecule has 5 aromatic rings. The van der Waals surface area contributed by atoms with Crippen LogP contribution in [0.4, 0.5) is 8.78 Å². The second kappa shape index (κ2) is 7.22. The van der Waals surface area contributed by atoms with Crippen LogP contribution in [-0.4, -0.2) is 14.4 Å². The Morgan fingerprint density at radius 3 is 2.60 bits per heavy atom. The van der Waals surface area contributed by atoms with Gasteiger partial charge in [0.05, 0.1) is 22.5 Å². The van der Waals surface area contributed by atoms with Crippen molar-refractivity contribution in [3.8, 4) is 17.0 Å². The number of fused-ring (bicyclic) bond motifs is 2. The Balaban J connectivity index is 1.56. The largest absolute Gasteiger partial charge is 0.485 e. The van der Waals surface area contributed by atoms with Crippen molar-refractivity contribution in [2.75, 3.05) is 0 Å². The number of pyridine rings is 2. The quantitative estimate of drug-likeness (QED) is 0.387. The van der Waals surface area contributed by atoms with Crippen molar-refractivity contribution in [1.29, 1.82) is 0 Å². The highest BCUT2D eigenvalue weighted by atomic mass is 19.1. The Labute approximate surface area is 171 Å². The van der Waals surface area contributed by atoms with Crippen LogP contribution in [0.15, 0.2) is 73.1 Å². The molecule has 0 saturated carbocycles. The van der Waals surface area contributed by atoms with Crippen molar-refractivity contribution >= 4 is 16.6 Å². The van der Waals surface area contributed by atoms with Gasteiger partial charge in [-0.1, -0.05) is 24.3 Å². The fourth-order valence-corrected chi connectivity index (χ4v) is 3.64. The number of ether oxygens (including phenoxy) is 1. The molecule has 6 heteroatoms. The summed E-state index contributed by atoms with van der Waals surface area (Å²) in [5, 5.41) is 1.03. The predicted octanol–water partition coefficient (Wildman–Crippen LogP) is 5.72. The van der Waals surface area contributed by atoms with Crippen LogP contribution in [0.2, 0.25) is 0 Å². The molecule has 0 N–H and O–H groups in total. The van der Waals surface area contributed by atoms with Gasteiger partial charge in [0.25, 0.3) is 0 Å². The number of nitrogens with zero attached hydrogens (tertiary/aromatic N) is 3. The first-order valence-corrected chi connectivity index (χ1v) is 9.50. The molecule has 0 aliphatic heterocycles. The number of aryl methyl sites for hydroxylation is 1. The van der Waals surface area contributed by atoms with Crippen molar-refractivity contribution < 1.29 is 13.5 Å². The van der Waals surface area contributed by atoms with Gasteiger partial charge in [0, 0.05) is 23.3 Å². The van der Waals surface area contributed by atoms with Gasteiger partial charge in [-0.15, -0.1) is 0 Å². The summed E-state index contributed by atoms with van der Waals surface area (Å²) in [7, 11) is 0. The molecule has 0 amide bonds. The molecule has 0 aliphatic rings. The van der Waals surface area contributed by atoms with E-state index in [2.05, 4.69) is 16.0 Å². The van der Waals surface area contributed by atoms with Crippen molar-refractivity contribution in [3.05, 3.63) is 95.9 Å². The van der Waals surface area contributed by atoms with E-state index in [1.165, 1.54) is 18.2 Å². The molecule has 4 nitrogen and oxygen atoms in total. The van der Waals surface area contributed by atoms with Gasteiger partial charge in [0.2, 0.25) is 0 Å². The molecule has 3 heterocycles. The number of benzene rings is 2. The van der Waals surface area contributed by atoms with E-state index < -0.39 is 11.6 Å². The van der Waals surface area contributed by atoms with Gasteiger partial charge < -0.3 is 4.74 Å². The summed E-state index contributed by atoms with van der Waals surface area (Å²) in [6.07, 6.45) is 3.71. The lowest BCUT2D eigenvalue weighted by atomic mass is 10.1. The van der Waals surface area contributed by atoms with Crippen molar-refractivity contribution in [2.45, 2.75) is 13.5 Å². The van der Waals surface area contributed by atoms with Crippen molar-refractivity contribution in [3.63, 3.8) is 0 Å². The van der Waals surface area contributed by atoms with E-state index in [1.54, 1.807) is 6.07 Å². The number of aromatic nitrogens is 3. The fourth-order valence-electron chi connectivity index (χ4n) is 3.64. The highest BCUT2D eigenvalue weighted by Gasteiger charge is 2.16. The monoisotopic (exact) mass is 401 g/mol. The minimum atomic E-state index is -0.635. The lowest BCUT2D eigenvalue weighted by molar-refractivity contribution is 0.294. The van der Waals surface area contributed by atoms with Crippen LogP contribution >= 0.6 is 0 Å². The molecule has 5 rings (SSSR count). The minimum absolute atomic E-state index is 0.110. The highest BCUT2D eigenvalue weighted by Crippen LogP contribution is 2.30. The maximum Gasteiger partial charge on any atom is 0.180 e. The van der Waals surface area contributed by atoms with E-state index >= 15 is 0 Å². The van der Waals surface area contributed by atoms with Gasteiger partial charge in [-0.3, -0.25) is 9.38 Å². The third kappa shape index (κ3) is 3.06. The molecule has 2 aromatic carbocycles. The Kier molecular flexibility index (Phi) is 4.39. The topological polar surface area (TPSA) is 39.4 Å². The van der Waals surface area contributed by atoms with Gasteiger partial charge in [0.1, 0.15) is 18.2 Å². The highest BCUT2D eigenvalue weighted by molar-refractivity contribution is 5.84. The van der Waals surface area contributed by atoms with Gasteiger partial charge in [-0.05, 0) is 43.3 Å². The first kappa shape index (κ1) is 18.2. The normalized spacial score (nSPS) is 11.3. The second-order valence-electron chi connectivity index (χ2n) is 7.02. The van der Waals surface area contributed by atoms with Gasteiger partial charge >= 0.3 is 0 Å². The Hall–Kier alpha value is -3.80. The van der Waals surface area contributed by atoms with Crippen LogP contribution in [0.1, 0.15) is 11.3 Å². The first-order chi connectivity index (χ1) is 14.6. The summed E-state index contributed by atoms with van der Waals surface area (Å²) >= 11 is 0. The Bertz CT molecular complexity index is 1370. The molecule has 3 aromatic heterocycles. The zero-order valence-corrected chi connectivity index (χ0v) is 16.1. The van der Waals surface area contributed by atoms with E-state index in [1.807, 2.05) is 54.0 Å². The number of hydrogen-bond donors (Lipinski definition) is 0. The van der Waals surface area contributed by atoms with E-state index in [4.69, 9.17) is 4.74 Å². The molecule has 0 bridgehead atoms. The van der Waals surface area contributed by atoms with Crippen molar-refractivity contribution in [1.82, 2.24) is 14.4 Å². The molecular weight excluding hydrogens is 384 g/mol. The molecule has 0 atom stereocenters. The van der Waals surface area contributed by atoms with Crippen molar-refractivity contribution in [2.24, 2.45) is 0 Å². The van der Waals surface area contributed by atoms with Gasteiger partial charge in [-0.2, -0.15) is 0 Å².